The fraction of sp³-hybridized carbons (Fsp3) is 0.625. The summed E-state index contributed by atoms with van der Waals surface area (Å²) in [5.41, 5.74) is 1.19. The zero-order valence-corrected chi connectivity index (χ0v) is 13.7. The summed E-state index contributed by atoms with van der Waals surface area (Å²) in [4.78, 5) is 0.350. The Balaban J connectivity index is 1.85. The molecule has 2 N–H and O–H groups in total. The number of aryl methyl sites for hydroxylation is 1. The van der Waals surface area contributed by atoms with Crippen LogP contribution in [0.3, 0.4) is 0 Å². The van der Waals surface area contributed by atoms with E-state index in [1.165, 1.54) is 18.4 Å². The zero-order valence-electron chi connectivity index (χ0n) is 12.9. The highest BCUT2D eigenvalue weighted by Gasteiger charge is 2.19. The average molecular weight is 310 g/mol. The van der Waals surface area contributed by atoms with Crippen LogP contribution in [0.5, 0.6) is 0 Å². The summed E-state index contributed by atoms with van der Waals surface area (Å²) in [6, 6.07) is 7.96. The van der Waals surface area contributed by atoms with Crippen molar-refractivity contribution in [3.05, 3.63) is 29.8 Å². The maximum Gasteiger partial charge on any atom is 0.240 e. The van der Waals surface area contributed by atoms with Crippen molar-refractivity contribution in [1.29, 1.82) is 0 Å². The smallest absolute Gasteiger partial charge is 0.240 e. The Morgan fingerprint density at radius 1 is 1.24 bits per heavy atom. The summed E-state index contributed by atoms with van der Waals surface area (Å²) in [6.45, 7) is 4.88. The van der Waals surface area contributed by atoms with Crippen LogP contribution in [0.1, 0.15) is 45.1 Å². The summed E-state index contributed by atoms with van der Waals surface area (Å²) in [5, 5.41) is 3.48. The van der Waals surface area contributed by atoms with Crippen LogP contribution in [-0.2, 0) is 16.4 Å². The Morgan fingerprint density at radius 2 is 1.90 bits per heavy atom. The lowest BCUT2D eigenvalue weighted by atomic mass is 10.1. The molecule has 1 aliphatic carbocycles. The lowest BCUT2D eigenvalue weighted by Gasteiger charge is -2.12. The normalized spacial score (nSPS) is 16.9. The highest BCUT2D eigenvalue weighted by molar-refractivity contribution is 7.89. The van der Waals surface area contributed by atoms with Crippen molar-refractivity contribution in [3.63, 3.8) is 0 Å². The van der Waals surface area contributed by atoms with E-state index in [1.807, 2.05) is 26.0 Å². The molecule has 1 aromatic rings. The van der Waals surface area contributed by atoms with Gasteiger partial charge in [0.2, 0.25) is 10.0 Å². The predicted octanol–water partition coefficient (Wildman–Crippen LogP) is 2.45. The van der Waals surface area contributed by atoms with E-state index in [2.05, 4.69) is 10.0 Å². The topological polar surface area (TPSA) is 58.2 Å². The van der Waals surface area contributed by atoms with Gasteiger partial charge in [-0.15, -0.1) is 0 Å². The van der Waals surface area contributed by atoms with E-state index in [9.17, 15) is 8.42 Å². The van der Waals surface area contributed by atoms with Gasteiger partial charge in [0, 0.05) is 12.1 Å². The Kier molecular flexibility index (Phi) is 5.79. The summed E-state index contributed by atoms with van der Waals surface area (Å²) in [6.07, 6.45) is 5.49. The third-order valence-corrected chi connectivity index (χ3v) is 5.46. The van der Waals surface area contributed by atoms with Crippen LogP contribution in [0.4, 0.5) is 0 Å². The van der Waals surface area contributed by atoms with Crippen LogP contribution < -0.4 is 10.0 Å². The van der Waals surface area contributed by atoms with Crippen molar-refractivity contribution >= 4 is 10.0 Å². The number of nitrogens with one attached hydrogen (secondary N) is 2. The van der Waals surface area contributed by atoms with Gasteiger partial charge < -0.3 is 5.32 Å². The lowest BCUT2D eigenvalue weighted by molar-refractivity contribution is 0.556. The van der Waals surface area contributed by atoms with E-state index < -0.39 is 10.0 Å². The van der Waals surface area contributed by atoms with Crippen LogP contribution in [0.25, 0.3) is 0 Å². The molecule has 0 heterocycles. The van der Waals surface area contributed by atoms with Crippen molar-refractivity contribution in [2.75, 3.05) is 6.54 Å². The molecular formula is C16H26N2O2S. The van der Waals surface area contributed by atoms with Gasteiger partial charge in [0.05, 0.1) is 4.90 Å². The fourth-order valence-electron chi connectivity index (χ4n) is 2.14. The molecular weight excluding hydrogens is 284 g/mol. The third kappa shape index (κ3) is 5.41. The number of hydrogen-bond donors (Lipinski definition) is 2. The summed E-state index contributed by atoms with van der Waals surface area (Å²) >= 11 is 0. The van der Waals surface area contributed by atoms with Gasteiger partial charge in [-0.05, 0) is 63.3 Å². The maximum atomic E-state index is 12.1. The van der Waals surface area contributed by atoms with Gasteiger partial charge in [-0.3, -0.25) is 0 Å². The van der Waals surface area contributed by atoms with Crippen molar-refractivity contribution in [1.82, 2.24) is 10.0 Å². The molecule has 0 aromatic heterocycles. The molecule has 1 saturated carbocycles. The molecule has 1 fully saturated rings. The van der Waals surface area contributed by atoms with E-state index in [1.54, 1.807) is 12.1 Å². The van der Waals surface area contributed by atoms with Gasteiger partial charge in [-0.25, -0.2) is 13.1 Å². The first-order valence-electron chi connectivity index (χ1n) is 7.86. The number of hydrogen-bond acceptors (Lipinski definition) is 3. The molecule has 1 aliphatic rings. The Hall–Kier alpha value is -0.910. The SMILES string of the molecule is CCC(C)NS(=O)(=O)c1ccc(CCCNC2CC2)cc1. The fourth-order valence-corrected chi connectivity index (χ4v) is 3.46. The Labute approximate surface area is 128 Å². The van der Waals surface area contributed by atoms with Crippen molar-refractivity contribution in [2.24, 2.45) is 0 Å². The molecule has 21 heavy (non-hydrogen) atoms. The Bertz CT molecular complexity index is 536. The highest BCUT2D eigenvalue weighted by Crippen LogP contribution is 2.18. The first-order valence-corrected chi connectivity index (χ1v) is 9.34. The quantitative estimate of drug-likeness (QED) is 0.689. The molecule has 0 saturated heterocycles. The molecule has 0 aliphatic heterocycles. The molecule has 1 atom stereocenters. The molecule has 0 spiro atoms. The van der Waals surface area contributed by atoms with Crippen LogP contribution >= 0.6 is 0 Å². The van der Waals surface area contributed by atoms with E-state index in [4.69, 9.17) is 0 Å². The molecule has 4 nitrogen and oxygen atoms in total. The second-order valence-corrected chi connectivity index (χ2v) is 7.62. The molecule has 5 heteroatoms. The van der Waals surface area contributed by atoms with Crippen LogP contribution in [0, 0.1) is 0 Å². The van der Waals surface area contributed by atoms with E-state index in [-0.39, 0.29) is 6.04 Å². The predicted molar refractivity (Wildman–Crippen MR) is 85.9 cm³/mol. The molecule has 0 amide bonds. The van der Waals surface area contributed by atoms with Gasteiger partial charge in [-0.1, -0.05) is 19.1 Å². The van der Waals surface area contributed by atoms with E-state index in [0.29, 0.717) is 4.90 Å². The van der Waals surface area contributed by atoms with Crippen molar-refractivity contribution in [2.45, 2.75) is 62.9 Å². The molecule has 118 valence electrons. The lowest BCUT2D eigenvalue weighted by Crippen LogP contribution is -2.31. The van der Waals surface area contributed by atoms with Gasteiger partial charge in [0.25, 0.3) is 0 Å². The second-order valence-electron chi connectivity index (χ2n) is 5.91. The average Bonchev–Trinajstić information content (AvgIpc) is 3.28. The summed E-state index contributed by atoms with van der Waals surface area (Å²) in [7, 11) is -3.38. The highest BCUT2D eigenvalue weighted by atomic mass is 32.2. The molecule has 0 bridgehead atoms. The van der Waals surface area contributed by atoms with Crippen LogP contribution in [0.2, 0.25) is 0 Å². The Morgan fingerprint density at radius 3 is 2.48 bits per heavy atom. The largest absolute Gasteiger partial charge is 0.314 e. The number of benzene rings is 1. The molecule has 2 rings (SSSR count). The number of rotatable bonds is 9. The second kappa shape index (κ2) is 7.38. The number of sulfonamides is 1. The summed E-state index contributed by atoms with van der Waals surface area (Å²) in [5.74, 6) is 0. The van der Waals surface area contributed by atoms with E-state index >= 15 is 0 Å². The van der Waals surface area contributed by atoms with Crippen LogP contribution in [0.15, 0.2) is 29.2 Å². The van der Waals surface area contributed by atoms with E-state index in [0.717, 1.165) is 31.8 Å². The minimum absolute atomic E-state index is 0.0387. The first-order chi connectivity index (χ1) is 10.0. The molecule has 1 aromatic carbocycles. The van der Waals surface area contributed by atoms with Gasteiger partial charge >= 0.3 is 0 Å². The van der Waals surface area contributed by atoms with Gasteiger partial charge in [0.15, 0.2) is 0 Å². The third-order valence-electron chi connectivity index (χ3n) is 3.85. The minimum Gasteiger partial charge on any atom is -0.314 e. The van der Waals surface area contributed by atoms with Crippen molar-refractivity contribution in [3.8, 4) is 0 Å². The molecule has 0 radical (unpaired) electrons. The molecule has 1 unspecified atom stereocenters. The standard InChI is InChI=1S/C16H26N2O2S/c1-3-13(2)18-21(19,20)16-10-6-14(7-11-16)5-4-12-17-15-8-9-15/h6-7,10-11,13,15,17-18H,3-5,8-9,12H2,1-2H3. The maximum absolute atomic E-state index is 12.1. The van der Waals surface area contributed by atoms with Crippen molar-refractivity contribution < 1.29 is 8.42 Å². The summed E-state index contributed by atoms with van der Waals surface area (Å²) < 4.78 is 26.9. The minimum atomic E-state index is -3.38. The zero-order chi connectivity index (χ0) is 15.3. The van der Waals surface area contributed by atoms with Crippen LogP contribution in [-0.4, -0.2) is 27.0 Å². The monoisotopic (exact) mass is 310 g/mol. The van der Waals surface area contributed by atoms with Gasteiger partial charge in [0.1, 0.15) is 0 Å². The first kappa shape index (κ1) is 16.5. The van der Waals surface area contributed by atoms with Gasteiger partial charge in [-0.2, -0.15) is 0 Å².